The van der Waals surface area contributed by atoms with Gasteiger partial charge in [0.2, 0.25) is 0 Å². The first-order valence-corrected chi connectivity index (χ1v) is 9.22. The Morgan fingerprint density at radius 2 is 1.92 bits per heavy atom. The van der Waals surface area contributed by atoms with E-state index in [1.807, 2.05) is 6.07 Å². The second-order valence-electron chi connectivity index (χ2n) is 4.99. The van der Waals surface area contributed by atoms with E-state index in [2.05, 4.69) is 26.7 Å². The molecule has 0 unspecified atom stereocenters. The van der Waals surface area contributed by atoms with Crippen molar-refractivity contribution in [2.45, 2.75) is 19.4 Å². The molecule has 1 aromatic carbocycles. The Balaban J connectivity index is 0.000000541. The maximum Gasteiger partial charge on any atom is 0.521 e. The number of hydrogen-bond acceptors (Lipinski definition) is 8. The molecule has 0 saturated heterocycles. The molecule has 0 saturated carbocycles. The third kappa shape index (κ3) is 10.5. The lowest BCUT2D eigenvalue weighted by molar-refractivity contribution is 0.0486. The van der Waals surface area contributed by atoms with Crippen molar-refractivity contribution >= 4 is 44.6 Å². The van der Waals surface area contributed by atoms with E-state index in [0.29, 0.717) is 10.2 Å². The van der Waals surface area contributed by atoms with Crippen molar-refractivity contribution < 1.29 is 36.8 Å². The van der Waals surface area contributed by atoms with Gasteiger partial charge < -0.3 is 24.2 Å². The van der Waals surface area contributed by atoms with Gasteiger partial charge >= 0.3 is 22.4 Å². The van der Waals surface area contributed by atoms with Gasteiger partial charge in [-0.1, -0.05) is 18.2 Å². The van der Waals surface area contributed by atoms with Crippen molar-refractivity contribution in [3.8, 4) is 5.75 Å². The molecule has 0 aromatic heterocycles. The zero-order valence-electron chi connectivity index (χ0n) is 14.0. The molecule has 0 fully saturated rings. The fraction of sp³-hybridized carbons (Fsp3) is 0.267. The zero-order valence-corrected chi connectivity index (χ0v) is 16.4. The largest absolute Gasteiger partial charge is 0.521 e. The number of halogens is 1. The highest BCUT2D eigenvalue weighted by molar-refractivity contribution is 9.10. The van der Waals surface area contributed by atoms with Crippen molar-refractivity contribution in [2.75, 3.05) is 5.75 Å². The van der Waals surface area contributed by atoms with Gasteiger partial charge in [0.15, 0.2) is 0 Å². The third-order valence-corrected chi connectivity index (χ3v) is 3.94. The number of para-hydroxylation sites is 1. The Morgan fingerprint density at radius 1 is 1.35 bits per heavy atom. The molecule has 11 heteroatoms. The highest BCUT2D eigenvalue weighted by Crippen LogP contribution is 2.24. The first-order valence-electron chi connectivity index (χ1n) is 6.85. The molecule has 1 aromatic rings. The first-order chi connectivity index (χ1) is 11.9. The lowest BCUT2D eigenvalue weighted by Gasteiger charge is -2.18. The second-order valence-corrected chi connectivity index (χ2v) is 7.46. The van der Waals surface area contributed by atoms with Crippen LogP contribution in [-0.2, 0) is 19.0 Å². The summed E-state index contributed by atoms with van der Waals surface area (Å²) in [6.07, 6.45) is -0.589. The molecule has 0 amide bonds. The van der Waals surface area contributed by atoms with Crippen molar-refractivity contribution in [2.24, 2.45) is 0 Å². The minimum Gasteiger partial charge on any atom is -0.449 e. The molecule has 9 nitrogen and oxygen atoms in total. The number of carbonyl (C=O) groups excluding carboxylic acids is 1. The topological polar surface area (TPSA) is 140 Å². The van der Waals surface area contributed by atoms with E-state index in [1.54, 1.807) is 32.0 Å². The standard InChI is InChI=1S/C11H12BrNO3.C4H6O5S/c1-11(2,7-13)16-10(14)15-9-6-4-3-5-8(9)12;1-2-3-10(7,8)9-4(5)6/h3-7,13H,1-2H3;2H,1,3H2,(H,5,6). The van der Waals surface area contributed by atoms with Crippen LogP contribution in [0.1, 0.15) is 13.8 Å². The van der Waals surface area contributed by atoms with Gasteiger partial charge in [0.1, 0.15) is 17.1 Å². The summed E-state index contributed by atoms with van der Waals surface area (Å²) in [5, 5.41) is 14.9. The van der Waals surface area contributed by atoms with Crippen LogP contribution in [0.4, 0.5) is 9.59 Å². The van der Waals surface area contributed by atoms with Crippen molar-refractivity contribution in [3.05, 3.63) is 41.4 Å². The average Bonchev–Trinajstić information content (AvgIpc) is 2.48. The van der Waals surface area contributed by atoms with Crippen LogP contribution in [-0.4, -0.2) is 43.4 Å². The lowest BCUT2D eigenvalue weighted by atomic mass is 10.2. The molecule has 0 spiro atoms. The normalized spacial score (nSPS) is 10.6. The summed E-state index contributed by atoms with van der Waals surface area (Å²) in [4.78, 5) is 21.0. The predicted molar refractivity (Wildman–Crippen MR) is 97.2 cm³/mol. The number of ether oxygens (including phenoxy) is 2. The minimum absolute atomic E-state index is 0.383. The zero-order chi connectivity index (χ0) is 20.4. The minimum atomic E-state index is -3.95. The van der Waals surface area contributed by atoms with Crippen LogP contribution in [0, 0.1) is 5.41 Å². The van der Waals surface area contributed by atoms with Gasteiger partial charge in [-0.3, -0.25) is 0 Å². The highest BCUT2D eigenvalue weighted by atomic mass is 79.9. The molecule has 0 radical (unpaired) electrons. The number of carboxylic acid groups (broad SMARTS) is 1. The number of benzene rings is 1. The molecule has 0 aliphatic rings. The number of hydrogen-bond donors (Lipinski definition) is 2. The van der Waals surface area contributed by atoms with Crippen molar-refractivity contribution in [1.82, 2.24) is 0 Å². The lowest BCUT2D eigenvalue weighted by Crippen LogP contribution is -2.30. The van der Waals surface area contributed by atoms with Crippen LogP contribution in [0.25, 0.3) is 0 Å². The monoisotopic (exact) mass is 451 g/mol. The van der Waals surface area contributed by atoms with Crippen molar-refractivity contribution in [1.29, 1.82) is 5.41 Å². The molecule has 0 heterocycles. The molecule has 0 atom stereocenters. The second kappa shape index (κ2) is 10.6. The first kappa shape index (κ1) is 23.6. The molecule has 26 heavy (non-hydrogen) atoms. The highest BCUT2D eigenvalue weighted by Gasteiger charge is 2.21. The van der Waals surface area contributed by atoms with E-state index in [-0.39, 0.29) is 0 Å². The summed E-state index contributed by atoms with van der Waals surface area (Å²) in [6, 6.07) is 6.95. The molecule has 144 valence electrons. The number of rotatable bonds is 6. The van der Waals surface area contributed by atoms with E-state index in [9.17, 15) is 18.0 Å². The van der Waals surface area contributed by atoms with Gasteiger partial charge in [-0.15, -0.1) is 6.58 Å². The predicted octanol–water partition coefficient (Wildman–Crippen LogP) is 3.59. The fourth-order valence-corrected chi connectivity index (χ4v) is 2.11. The summed E-state index contributed by atoms with van der Waals surface area (Å²) < 4.78 is 34.8. The fourth-order valence-electron chi connectivity index (χ4n) is 1.17. The Kier molecular flexibility index (Phi) is 9.58. The van der Waals surface area contributed by atoms with Gasteiger partial charge in [-0.25, -0.2) is 9.59 Å². The van der Waals surface area contributed by atoms with Gasteiger partial charge in [0.05, 0.1) is 4.47 Å². The van der Waals surface area contributed by atoms with Gasteiger partial charge in [0, 0.05) is 6.21 Å². The van der Waals surface area contributed by atoms with Crippen LogP contribution in [0.2, 0.25) is 0 Å². The van der Waals surface area contributed by atoms with E-state index < -0.39 is 33.8 Å². The Morgan fingerprint density at radius 3 is 2.38 bits per heavy atom. The van der Waals surface area contributed by atoms with Crippen LogP contribution in [0.3, 0.4) is 0 Å². The molecule has 0 aliphatic carbocycles. The summed E-state index contributed by atoms with van der Waals surface area (Å²) >= 11 is 3.24. The summed E-state index contributed by atoms with van der Waals surface area (Å²) in [6.45, 7) is 6.30. The van der Waals surface area contributed by atoms with Crippen LogP contribution < -0.4 is 4.74 Å². The van der Waals surface area contributed by atoms with Gasteiger partial charge in [0.25, 0.3) is 0 Å². The third-order valence-electron chi connectivity index (χ3n) is 2.24. The van der Waals surface area contributed by atoms with Crippen LogP contribution in [0.15, 0.2) is 41.4 Å². The molecular formula is C15H18BrNO8S. The quantitative estimate of drug-likeness (QED) is 0.219. The van der Waals surface area contributed by atoms with E-state index in [0.717, 1.165) is 12.3 Å². The molecule has 0 aliphatic heterocycles. The number of carbonyl (C=O) groups is 2. The SMILES string of the molecule is C=CCS(=O)(=O)OC(=O)O.CC(C)(C=N)OC(=O)Oc1ccccc1Br. The summed E-state index contributed by atoms with van der Waals surface area (Å²) in [7, 11) is -3.95. The van der Waals surface area contributed by atoms with E-state index in [1.165, 1.54) is 0 Å². The maximum absolute atomic E-state index is 11.4. The summed E-state index contributed by atoms with van der Waals surface area (Å²) in [5.41, 5.74) is -0.960. The number of nitrogens with one attached hydrogen (secondary N) is 1. The molecule has 1 rings (SSSR count). The molecule has 2 N–H and O–H groups in total. The Hall–Kier alpha value is -2.40. The van der Waals surface area contributed by atoms with Gasteiger partial charge in [-0.2, -0.15) is 8.42 Å². The molecular weight excluding hydrogens is 434 g/mol. The smallest absolute Gasteiger partial charge is 0.449 e. The Bertz CT molecular complexity index is 761. The van der Waals surface area contributed by atoms with Crippen LogP contribution in [0.5, 0.6) is 5.75 Å². The van der Waals surface area contributed by atoms with Crippen molar-refractivity contribution in [3.63, 3.8) is 0 Å². The maximum atomic E-state index is 11.4. The molecule has 0 bridgehead atoms. The van der Waals surface area contributed by atoms with Crippen LogP contribution >= 0.6 is 15.9 Å². The summed E-state index contributed by atoms with van der Waals surface area (Å²) in [5.74, 6) is -0.118. The Labute approximate surface area is 159 Å². The van der Waals surface area contributed by atoms with E-state index >= 15 is 0 Å². The average molecular weight is 452 g/mol. The van der Waals surface area contributed by atoms with Gasteiger partial charge in [-0.05, 0) is 41.9 Å². The van der Waals surface area contributed by atoms with E-state index in [4.69, 9.17) is 20.0 Å².